The van der Waals surface area contributed by atoms with E-state index in [1.165, 1.54) is 7.05 Å². The Bertz CT molecular complexity index is 743. The van der Waals surface area contributed by atoms with Gasteiger partial charge in [0.15, 0.2) is 0 Å². The average Bonchev–Trinajstić information content (AvgIpc) is 2.59. The Morgan fingerprint density at radius 1 is 1.17 bits per heavy atom. The molecule has 7 nitrogen and oxygen atoms in total. The summed E-state index contributed by atoms with van der Waals surface area (Å²) in [7, 11) is 1.45. The minimum absolute atomic E-state index is 0.0530. The number of aliphatic imine (C=N–C) groups is 1. The molecule has 2 aromatic rings. The number of para-hydroxylation sites is 1. The number of ether oxygens (including phenoxy) is 1. The standard InChI is InChI=1S/C17H18N4O3/c1-19-17(20-12-13-8-4-2-5-9-13)15(21(22)23)16(18)24-14-10-6-3-7-11-14/h2-11H,12,18H2,1H3,(H,19,20). The van der Waals surface area contributed by atoms with E-state index in [9.17, 15) is 10.1 Å². The van der Waals surface area contributed by atoms with Crippen molar-refractivity contribution in [1.82, 2.24) is 5.32 Å². The Hall–Kier alpha value is -3.35. The highest BCUT2D eigenvalue weighted by Gasteiger charge is 2.25. The third kappa shape index (κ3) is 4.57. The summed E-state index contributed by atoms with van der Waals surface area (Å²) in [5.74, 6) is 0.137. The topological polar surface area (TPSA) is 103 Å². The summed E-state index contributed by atoms with van der Waals surface area (Å²) in [6.45, 7) is 0.378. The van der Waals surface area contributed by atoms with Gasteiger partial charge in [0.05, 0.1) is 4.92 Å². The summed E-state index contributed by atoms with van der Waals surface area (Å²) in [6.07, 6.45) is 0. The van der Waals surface area contributed by atoms with Gasteiger partial charge in [0.2, 0.25) is 5.84 Å². The van der Waals surface area contributed by atoms with Gasteiger partial charge in [0.1, 0.15) is 5.75 Å². The van der Waals surface area contributed by atoms with E-state index in [1.54, 1.807) is 24.3 Å². The van der Waals surface area contributed by atoms with Gasteiger partial charge in [-0.2, -0.15) is 0 Å². The molecule has 24 heavy (non-hydrogen) atoms. The van der Waals surface area contributed by atoms with Gasteiger partial charge in [-0.25, -0.2) is 0 Å². The smallest absolute Gasteiger partial charge is 0.370 e. The van der Waals surface area contributed by atoms with E-state index in [0.717, 1.165) is 5.56 Å². The highest BCUT2D eigenvalue weighted by atomic mass is 16.6. The Morgan fingerprint density at radius 2 is 1.75 bits per heavy atom. The normalized spacial score (nSPS) is 12.3. The van der Waals surface area contributed by atoms with Gasteiger partial charge in [-0.15, -0.1) is 0 Å². The quantitative estimate of drug-likeness (QED) is 0.279. The molecule has 3 N–H and O–H groups in total. The van der Waals surface area contributed by atoms with E-state index in [-0.39, 0.29) is 11.7 Å². The number of hydrogen-bond acceptors (Lipinski definition) is 5. The van der Waals surface area contributed by atoms with Crippen LogP contribution < -0.4 is 15.8 Å². The van der Waals surface area contributed by atoms with Crippen molar-refractivity contribution in [1.29, 1.82) is 0 Å². The zero-order chi connectivity index (χ0) is 17.4. The molecular formula is C17H18N4O3. The van der Waals surface area contributed by atoms with Crippen LogP contribution in [0, 0.1) is 10.1 Å². The van der Waals surface area contributed by atoms with Crippen LogP contribution in [0.1, 0.15) is 5.56 Å². The van der Waals surface area contributed by atoms with Crippen molar-refractivity contribution in [3.05, 3.63) is 87.9 Å². The first-order valence-corrected chi connectivity index (χ1v) is 7.23. The van der Waals surface area contributed by atoms with Crippen molar-refractivity contribution in [3.63, 3.8) is 0 Å². The molecule has 0 unspecified atom stereocenters. The zero-order valence-corrected chi connectivity index (χ0v) is 13.2. The zero-order valence-electron chi connectivity index (χ0n) is 13.2. The molecule has 0 aromatic heterocycles. The number of nitrogens with zero attached hydrogens (tertiary/aromatic N) is 2. The van der Waals surface area contributed by atoms with Gasteiger partial charge in [-0.3, -0.25) is 15.1 Å². The molecule has 0 bridgehead atoms. The van der Waals surface area contributed by atoms with Crippen molar-refractivity contribution in [3.8, 4) is 5.75 Å². The van der Waals surface area contributed by atoms with Crippen molar-refractivity contribution < 1.29 is 9.66 Å². The third-order valence-electron chi connectivity index (χ3n) is 3.14. The number of hydrogen-bond donors (Lipinski definition) is 2. The molecule has 0 fully saturated rings. The van der Waals surface area contributed by atoms with Crippen LogP contribution in [-0.2, 0) is 6.54 Å². The second-order valence-electron chi connectivity index (χ2n) is 4.80. The maximum atomic E-state index is 11.4. The van der Waals surface area contributed by atoms with E-state index in [0.29, 0.717) is 12.3 Å². The minimum Gasteiger partial charge on any atom is -0.435 e. The van der Waals surface area contributed by atoms with Crippen molar-refractivity contribution >= 4 is 5.84 Å². The first-order valence-electron chi connectivity index (χ1n) is 7.23. The fourth-order valence-electron chi connectivity index (χ4n) is 2.01. The van der Waals surface area contributed by atoms with Gasteiger partial charge in [-0.05, 0) is 17.7 Å². The summed E-state index contributed by atoms with van der Waals surface area (Å²) in [5, 5.41) is 14.3. The predicted octanol–water partition coefficient (Wildman–Crippen LogP) is 2.29. The van der Waals surface area contributed by atoms with Crippen LogP contribution >= 0.6 is 0 Å². The molecule has 0 atom stereocenters. The largest absolute Gasteiger partial charge is 0.435 e. The molecule has 0 aliphatic heterocycles. The molecule has 0 saturated carbocycles. The predicted molar refractivity (Wildman–Crippen MR) is 91.9 cm³/mol. The molecule has 0 spiro atoms. The number of nitro groups is 1. The third-order valence-corrected chi connectivity index (χ3v) is 3.14. The van der Waals surface area contributed by atoms with E-state index in [1.807, 2.05) is 36.4 Å². The highest BCUT2D eigenvalue weighted by molar-refractivity contribution is 5.96. The molecule has 2 aromatic carbocycles. The number of rotatable bonds is 6. The SMILES string of the molecule is CN=C(NCc1ccccc1)C(=C(N)Oc1ccccc1)[N+](=O)[O-]. The van der Waals surface area contributed by atoms with Gasteiger partial charge >= 0.3 is 5.70 Å². The second-order valence-corrected chi connectivity index (χ2v) is 4.80. The van der Waals surface area contributed by atoms with Crippen LogP contribution in [-0.4, -0.2) is 17.8 Å². The first-order chi connectivity index (χ1) is 11.6. The fraction of sp³-hybridized carbons (Fsp3) is 0.118. The van der Waals surface area contributed by atoms with Gasteiger partial charge < -0.3 is 15.8 Å². The lowest BCUT2D eigenvalue weighted by Gasteiger charge is -2.10. The van der Waals surface area contributed by atoms with Crippen molar-refractivity contribution in [2.45, 2.75) is 6.54 Å². The lowest BCUT2D eigenvalue weighted by atomic mass is 10.2. The Kier molecular flexibility index (Phi) is 5.90. The monoisotopic (exact) mass is 326 g/mol. The summed E-state index contributed by atoms with van der Waals surface area (Å²) in [4.78, 5) is 14.7. The van der Waals surface area contributed by atoms with E-state index in [2.05, 4.69) is 10.3 Å². The van der Waals surface area contributed by atoms with Gasteiger partial charge in [-0.1, -0.05) is 48.5 Å². The number of amidine groups is 1. The van der Waals surface area contributed by atoms with Gasteiger partial charge in [0, 0.05) is 13.6 Å². The summed E-state index contributed by atoms with van der Waals surface area (Å²) < 4.78 is 5.37. The summed E-state index contributed by atoms with van der Waals surface area (Å²) in [5.41, 5.74) is 6.35. The van der Waals surface area contributed by atoms with E-state index in [4.69, 9.17) is 10.5 Å². The van der Waals surface area contributed by atoms with Crippen LogP contribution in [0.15, 0.2) is 77.2 Å². The Morgan fingerprint density at radius 3 is 2.29 bits per heavy atom. The number of nitrogens with one attached hydrogen (secondary N) is 1. The molecular weight excluding hydrogens is 308 g/mol. The van der Waals surface area contributed by atoms with Crippen LogP contribution in [0.3, 0.4) is 0 Å². The number of benzene rings is 2. The molecule has 0 radical (unpaired) electrons. The fourth-order valence-corrected chi connectivity index (χ4v) is 2.01. The van der Waals surface area contributed by atoms with Crippen LogP contribution in [0.25, 0.3) is 0 Å². The molecule has 0 heterocycles. The summed E-state index contributed by atoms with van der Waals surface area (Å²) in [6, 6.07) is 18.1. The van der Waals surface area contributed by atoms with Crippen LogP contribution in [0.5, 0.6) is 5.75 Å². The second kappa shape index (κ2) is 8.33. The van der Waals surface area contributed by atoms with Crippen molar-refractivity contribution in [2.75, 3.05) is 7.05 Å². The summed E-state index contributed by atoms with van der Waals surface area (Å²) >= 11 is 0. The highest BCUT2D eigenvalue weighted by Crippen LogP contribution is 2.13. The number of nitrogens with two attached hydrogens (primary N) is 1. The molecule has 0 amide bonds. The van der Waals surface area contributed by atoms with Crippen molar-refractivity contribution in [2.24, 2.45) is 10.7 Å². The van der Waals surface area contributed by atoms with Gasteiger partial charge in [0.25, 0.3) is 5.88 Å². The lowest BCUT2D eigenvalue weighted by molar-refractivity contribution is -0.418. The Labute approximate surface area is 139 Å². The maximum absolute atomic E-state index is 11.4. The van der Waals surface area contributed by atoms with E-state index >= 15 is 0 Å². The molecule has 7 heteroatoms. The van der Waals surface area contributed by atoms with E-state index < -0.39 is 10.6 Å². The van der Waals surface area contributed by atoms with Crippen LogP contribution in [0.4, 0.5) is 0 Å². The minimum atomic E-state index is -0.612. The molecule has 0 aliphatic carbocycles. The average molecular weight is 326 g/mol. The first kappa shape index (κ1) is 17.0. The maximum Gasteiger partial charge on any atom is 0.370 e. The molecule has 0 aliphatic rings. The lowest BCUT2D eigenvalue weighted by Crippen LogP contribution is -2.31. The molecule has 124 valence electrons. The molecule has 2 rings (SSSR count). The Balaban J connectivity index is 2.20. The molecule has 0 saturated heterocycles. The van der Waals surface area contributed by atoms with Crippen LogP contribution in [0.2, 0.25) is 0 Å².